The predicted molar refractivity (Wildman–Crippen MR) is 67.3 cm³/mol. The Morgan fingerprint density at radius 3 is 3.05 bits per heavy atom. The minimum Gasteiger partial charge on any atom is -0.382 e. The molecule has 0 saturated carbocycles. The number of hydrogen-bond acceptors (Lipinski definition) is 5. The van der Waals surface area contributed by atoms with Crippen LogP contribution in [0, 0.1) is 6.92 Å². The monoisotopic (exact) mass is 261 g/mol. The van der Waals surface area contributed by atoms with Gasteiger partial charge in [0.25, 0.3) is 5.91 Å². The van der Waals surface area contributed by atoms with Crippen LogP contribution >= 0.6 is 0 Å². The summed E-state index contributed by atoms with van der Waals surface area (Å²) in [7, 11) is 0. The second-order valence-corrected chi connectivity index (χ2v) is 4.73. The van der Waals surface area contributed by atoms with Gasteiger partial charge in [0.1, 0.15) is 11.5 Å². The number of aromatic amines is 1. The highest BCUT2D eigenvalue weighted by molar-refractivity contribution is 5.93. The number of nitrogens with one attached hydrogen (secondary N) is 1. The standard InChI is InChI=1S/C12H15N5O2/c1-7-5-10(19-16-7)9-3-2-4-17(9)12(18)8-6-11(13)15-14-8/h5-6,9H,2-4H2,1H3,(H3,13,14,15). The zero-order valence-electron chi connectivity index (χ0n) is 10.6. The van der Waals surface area contributed by atoms with Gasteiger partial charge in [0, 0.05) is 18.7 Å². The first-order valence-electron chi connectivity index (χ1n) is 6.20. The number of nitrogens with zero attached hydrogens (tertiary/aromatic N) is 3. The van der Waals surface area contributed by atoms with Gasteiger partial charge in [0.2, 0.25) is 0 Å². The summed E-state index contributed by atoms with van der Waals surface area (Å²) >= 11 is 0. The van der Waals surface area contributed by atoms with E-state index in [2.05, 4.69) is 15.4 Å². The Morgan fingerprint density at radius 2 is 2.42 bits per heavy atom. The van der Waals surface area contributed by atoms with Crippen LogP contribution in [-0.4, -0.2) is 32.7 Å². The zero-order chi connectivity index (χ0) is 13.4. The van der Waals surface area contributed by atoms with Crippen LogP contribution in [0.4, 0.5) is 5.82 Å². The Hall–Kier alpha value is -2.31. The number of hydrogen-bond donors (Lipinski definition) is 2. The second kappa shape index (κ2) is 4.42. The van der Waals surface area contributed by atoms with Gasteiger partial charge in [-0.3, -0.25) is 9.89 Å². The third-order valence-electron chi connectivity index (χ3n) is 3.32. The third kappa shape index (κ3) is 2.07. The SMILES string of the molecule is Cc1cc(C2CCCN2C(=O)c2cc(N)n[nH]2)on1. The van der Waals surface area contributed by atoms with Crippen LogP contribution in [-0.2, 0) is 0 Å². The van der Waals surface area contributed by atoms with Gasteiger partial charge in [-0.1, -0.05) is 5.16 Å². The number of likely N-dealkylation sites (tertiary alicyclic amines) is 1. The molecule has 2 aromatic heterocycles. The maximum atomic E-state index is 12.4. The highest BCUT2D eigenvalue weighted by Gasteiger charge is 2.33. The van der Waals surface area contributed by atoms with E-state index in [9.17, 15) is 4.79 Å². The van der Waals surface area contributed by atoms with Gasteiger partial charge in [-0.25, -0.2) is 0 Å². The summed E-state index contributed by atoms with van der Waals surface area (Å²) in [5, 5.41) is 10.3. The van der Waals surface area contributed by atoms with E-state index in [0.717, 1.165) is 24.3 Å². The van der Waals surface area contributed by atoms with Crippen LogP contribution in [0.5, 0.6) is 0 Å². The van der Waals surface area contributed by atoms with E-state index >= 15 is 0 Å². The molecule has 3 rings (SSSR count). The number of nitrogens with two attached hydrogens (primary N) is 1. The van der Waals surface area contributed by atoms with Crippen LogP contribution in [0.2, 0.25) is 0 Å². The number of amides is 1. The van der Waals surface area contributed by atoms with Crippen molar-refractivity contribution in [2.24, 2.45) is 0 Å². The van der Waals surface area contributed by atoms with Crippen LogP contribution in [0.15, 0.2) is 16.7 Å². The molecule has 3 heterocycles. The Balaban J connectivity index is 1.85. The molecule has 1 amide bonds. The number of carbonyl (C=O) groups excluding carboxylic acids is 1. The summed E-state index contributed by atoms with van der Waals surface area (Å²) in [6, 6.07) is 3.36. The second-order valence-electron chi connectivity index (χ2n) is 4.73. The van der Waals surface area contributed by atoms with Gasteiger partial charge >= 0.3 is 0 Å². The summed E-state index contributed by atoms with van der Waals surface area (Å²) in [6.45, 7) is 2.56. The Morgan fingerprint density at radius 1 is 1.58 bits per heavy atom. The van der Waals surface area contributed by atoms with Crippen molar-refractivity contribution < 1.29 is 9.32 Å². The minimum absolute atomic E-state index is 0.0572. The van der Waals surface area contributed by atoms with Gasteiger partial charge in [-0.15, -0.1) is 0 Å². The van der Waals surface area contributed by atoms with E-state index in [-0.39, 0.29) is 11.9 Å². The molecular weight excluding hydrogens is 246 g/mol. The van der Waals surface area contributed by atoms with E-state index in [0.29, 0.717) is 18.1 Å². The first kappa shape index (κ1) is 11.8. The van der Waals surface area contributed by atoms with Crippen molar-refractivity contribution in [1.29, 1.82) is 0 Å². The van der Waals surface area contributed by atoms with E-state index in [4.69, 9.17) is 10.3 Å². The van der Waals surface area contributed by atoms with Gasteiger partial charge in [-0.2, -0.15) is 5.10 Å². The summed E-state index contributed by atoms with van der Waals surface area (Å²) in [6.07, 6.45) is 1.82. The average Bonchev–Trinajstić information content (AvgIpc) is 3.07. The fourth-order valence-corrected chi connectivity index (χ4v) is 2.45. The highest BCUT2D eigenvalue weighted by Crippen LogP contribution is 2.33. The Labute approximate surface area is 109 Å². The zero-order valence-corrected chi connectivity index (χ0v) is 10.6. The molecule has 1 unspecified atom stereocenters. The summed E-state index contributed by atoms with van der Waals surface area (Å²) < 4.78 is 5.28. The number of nitrogen functional groups attached to an aromatic ring is 1. The molecule has 2 aromatic rings. The molecule has 19 heavy (non-hydrogen) atoms. The molecule has 1 saturated heterocycles. The summed E-state index contributed by atoms with van der Waals surface area (Å²) in [4.78, 5) is 14.2. The Bertz CT molecular complexity index is 603. The molecule has 1 aliphatic heterocycles. The maximum Gasteiger partial charge on any atom is 0.272 e. The van der Waals surface area contributed by atoms with Crippen molar-refractivity contribution in [1.82, 2.24) is 20.3 Å². The van der Waals surface area contributed by atoms with Crippen molar-refractivity contribution in [2.45, 2.75) is 25.8 Å². The highest BCUT2D eigenvalue weighted by atomic mass is 16.5. The molecule has 0 aliphatic carbocycles. The van der Waals surface area contributed by atoms with Crippen LogP contribution in [0.3, 0.4) is 0 Å². The predicted octanol–water partition coefficient (Wildman–Crippen LogP) is 1.27. The molecule has 7 nitrogen and oxygen atoms in total. The van der Waals surface area contributed by atoms with Crippen LogP contribution in [0.25, 0.3) is 0 Å². The normalized spacial score (nSPS) is 19.0. The molecule has 0 spiro atoms. The molecule has 0 bridgehead atoms. The number of aromatic nitrogens is 3. The van der Waals surface area contributed by atoms with Crippen molar-refractivity contribution in [3.63, 3.8) is 0 Å². The maximum absolute atomic E-state index is 12.4. The largest absolute Gasteiger partial charge is 0.382 e. The lowest BCUT2D eigenvalue weighted by Gasteiger charge is -2.21. The minimum atomic E-state index is -0.110. The fraction of sp³-hybridized carbons (Fsp3) is 0.417. The lowest BCUT2D eigenvalue weighted by molar-refractivity contribution is 0.0708. The molecule has 0 radical (unpaired) electrons. The smallest absolute Gasteiger partial charge is 0.272 e. The van der Waals surface area contributed by atoms with Gasteiger partial charge < -0.3 is 15.2 Å². The van der Waals surface area contributed by atoms with Crippen LogP contribution in [0.1, 0.15) is 40.8 Å². The first-order valence-corrected chi connectivity index (χ1v) is 6.20. The number of rotatable bonds is 2. The number of H-pyrrole nitrogens is 1. The Kier molecular flexibility index (Phi) is 2.73. The van der Waals surface area contributed by atoms with E-state index < -0.39 is 0 Å². The van der Waals surface area contributed by atoms with Crippen molar-refractivity contribution >= 4 is 11.7 Å². The van der Waals surface area contributed by atoms with Crippen LogP contribution < -0.4 is 5.73 Å². The number of anilines is 1. The summed E-state index contributed by atoms with van der Waals surface area (Å²) in [5.41, 5.74) is 6.75. The summed E-state index contributed by atoms with van der Waals surface area (Å²) in [5.74, 6) is 0.936. The first-order chi connectivity index (χ1) is 9.15. The fourth-order valence-electron chi connectivity index (χ4n) is 2.45. The lowest BCUT2D eigenvalue weighted by atomic mass is 10.1. The molecule has 100 valence electrons. The average molecular weight is 261 g/mol. The van der Waals surface area contributed by atoms with Crippen molar-refractivity contribution in [3.05, 3.63) is 29.3 Å². The van der Waals surface area contributed by atoms with Gasteiger partial charge in [0.05, 0.1) is 11.7 Å². The van der Waals surface area contributed by atoms with Crippen molar-refractivity contribution in [3.8, 4) is 0 Å². The quantitative estimate of drug-likeness (QED) is 0.847. The topological polar surface area (TPSA) is 101 Å². The molecular formula is C12H15N5O2. The third-order valence-corrected chi connectivity index (χ3v) is 3.32. The van der Waals surface area contributed by atoms with Gasteiger partial charge in [-0.05, 0) is 19.8 Å². The van der Waals surface area contributed by atoms with E-state index in [1.165, 1.54) is 0 Å². The molecule has 7 heteroatoms. The van der Waals surface area contributed by atoms with Gasteiger partial charge in [0.15, 0.2) is 5.76 Å². The molecule has 1 atom stereocenters. The molecule has 1 aliphatic rings. The lowest BCUT2D eigenvalue weighted by Crippen LogP contribution is -2.30. The molecule has 1 fully saturated rings. The number of aryl methyl sites for hydroxylation is 1. The van der Waals surface area contributed by atoms with E-state index in [1.807, 2.05) is 13.0 Å². The number of carbonyl (C=O) groups is 1. The molecule has 3 N–H and O–H groups in total. The van der Waals surface area contributed by atoms with Crippen molar-refractivity contribution in [2.75, 3.05) is 12.3 Å². The molecule has 0 aromatic carbocycles. The van der Waals surface area contributed by atoms with E-state index in [1.54, 1.807) is 11.0 Å².